The van der Waals surface area contributed by atoms with Gasteiger partial charge in [0, 0.05) is 16.6 Å². The van der Waals surface area contributed by atoms with Crippen molar-refractivity contribution in [2.24, 2.45) is 0 Å². The van der Waals surface area contributed by atoms with Crippen molar-refractivity contribution in [2.45, 2.75) is 25.4 Å². The maximum atomic E-state index is 5.93. The molecule has 0 unspecified atom stereocenters. The molecule has 6 heteroatoms. The van der Waals surface area contributed by atoms with Crippen LogP contribution in [0.3, 0.4) is 0 Å². The van der Waals surface area contributed by atoms with Gasteiger partial charge >= 0.3 is 0 Å². The van der Waals surface area contributed by atoms with E-state index in [0.29, 0.717) is 29.3 Å². The number of benzene rings is 2. The summed E-state index contributed by atoms with van der Waals surface area (Å²) in [6.07, 6.45) is 2.29. The van der Waals surface area contributed by atoms with E-state index in [1.807, 2.05) is 36.4 Å². The summed E-state index contributed by atoms with van der Waals surface area (Å²) in [6, 6.07) is 16.1. The van der Waals surface area contributed by atoms with E-state index in [0.717, 1.165) is 30.7 Å². The van der Waals surface area contributed by atoms with Crippen LogP contribution in [0.1, 0.15) is 30.3 Å². The summed E-state index contributed by atoms with van der Waals surface area (Å²) in [6.45, 7) is 1.67. The van der Waals surface area contributed by atoms with Gasteiger partial charge in [-0.15, -0.1) is 0 Å². The molecule has 0 saturated carbocycles. The molecule has 2 heterocycles. The molecule has 1 aromatic heterocycles. The average Bonchev–Trinajstić information content (AvgIpc) is 3.33. The third-order valence-electron chi connectivity index (χ3n) is 4.77. The van der Waals surface area contributed by atoms with Gasteiger partial charge in [0.05, 0.1) is 13.7 Å². The Morgan fingerprint density at radius 3 is 2.65 bits per heavy atom. The molecular formula is C20H20ClN3O2. The number of ether oxygens (including phenoxy) is 1. The molecule has 1 fully saturated rings. The lowest BCUT2D eigenvalue weighted by Gasteiger charge is -2.23. The van der Waals surface area contributed by atoms with E-state index >= 15 is 0 Å². The van der Waals surface area contributed by atoms with E-state index in [2.05, 4.69) is 27.2 Å². The zero-order valence-electron chi connectivity index (χ0n) is 14.6. The Morgan fingerprint density at radius 1 is 1.15 bits per heavy atom. The van der Waals surface area contributed by atoms with Crippen LogP contribution < -0.4 is 4.74 Å². The average molecular weight is 370 g/mol. The van der Waals surface area contributed by atoms with Crippen LogP contribution in [0.25, 0.3) is 11.4 Å². The molecule has 0 amide bonds. The predicted molar refractivity (Wildman–Crippen MR) is 100 cm³/mol. The third kappa shape index (κ3) is 3.59. The summed E-state index contributed by atoms with van der Waals surface area (Å²) >= 11 is 5.93. The third-order valence-corrected chi connectivity index (χ3v) is 5.03. The minimum absolute atomic E-state index is 0.367. The fourth-order valence-corrected chi connectivity index (χ4v) is 3.55. The van der Waals surface area contributed by atoms with Crippen LogP contribution in [0.15, 0.2) is 53.1 Å². The van der Waals surface area contributed by atoms with E-state index in [-0.39, 0.29) is 0 Å². The highest BCUT2D eigenvalue weighted by Gasteiger charge is 2.27. The fraction of sp³-hybridized carbons (Fsp3) is 0.300. The number of methoxy groups -OCH3 is 1. The van der Waals surface area contributed by atoms with Gasteiger partial charge in [0.25, 0.3) is 0 Å². The highest BCUT2D eigenvalue weighted by molar-refractivity contribution is 6.30. The lowest BCUT2D eigenvalue weighted by molar-refractivity contribution is 0.212. The standard InChI is InChI=1S/C20H20ClN3O2/c1-25-17-10-6-14(7-11-17)18-3-2-12-24(18)13-19-22-20(23-26-19)15-4-8-16(21)9-5-15/h4-11,18H,2-3,12-13H2,1H3/t18-/m0/s1. The Hall–Kier alpha value is -2.37. The van der Waals surface area contributed by atoms with Crippen LogP contribution in [-0.4, -0.2) is 28.7 Å². The monoisotopic (exact) mass is 369 g/mol. The molecule has 2 aromatic carbocycles. The van der Waals surface area contributed by atoms with Crippen molar-refractivity contribution in [3.63, 3.8) is 0 Å². The van der Waals surface area contributed by atoms with E-state index in [4.69, 9.17) is 20.9 Å². The Morgan fingerprint density at radius 2 is 1.92 bits per heavy atom. The number of likely N-dealkylation sites (tertiary alicyclic amines) is 1. The number of rotatable bonds is 5. The van der Waals surface area contributed by atoms with Crippen LogP contribution >= 0.6 is 11.6 Å². The van der Waals surface area contributed by atoms with Crippen molar-refractivity contribution in [2.75, 3.05) is 13.7 Å². The summed E-state index contributed by atoms with van der Waals surface area (Å²) in [5.74, 6) is 2.11. The Labute approximate surface area is 157 Å². The minimum atomic E-state index is 0.367. The molecule has 1 atom stereocenters. The van der Waals surface area contributed by atoms with Crippen molar-refractivity contribution in [3.05, 3.63) is 65.0 Å². The first-order valence-corrected chi connectivity index (χ1v) is 9.07. The van der Waals surface area contributed by atoms with Crippen molar-refractivity contribution in [1.82, 2.24) is 15.0 Å². The second-order valence-electron chi connectivity index (χ2n) is 6.42. The normalized spacial score (nSPS) is 17.5. The van der Waals surface area contributed by atoms with Gasteiger partial charge in [0.2, 0.25) is 11.7 Å². The molecule has 134 valence electrons. The summed E-state index contributed by atoms with van der Waals surface area (Å²) in [5, 5.41) is 4.80. The van der Waals surface area contributed by atoms with Gasteiger partial charge in [-0.3, -0.25) is 4.90 Å². The summed E-state index contributed by atoms with van der Waals surface area (Å²) in [4.78, 5) is 6.94. The molecule has 0 bridgehead atoms. The second-order valence-corrected chi connectivity index (χ2v) is 6.86. The lowest BCUT2D eigenvalue weighted by atomic mass is 10.0. The van der Waals surface area contributed by atoms with E-state index in [1.165, 1.54) is 5.56 Å². The molecular weight excluding hydrogens is 350 g/mol. The van der Waals surface area contributed by atoms with Gasteiger partial charge in [-0.2, -0.15) is 4.98 Å². The molecule has 0 radical (unpaired) electrons. The first-order valence-electron chi connectivity index (χ1n) is 8.69. The SMILES string of the molecule is COc1ccc([C@@H]2CCCN2Cc2nc(-c3ccc(Cl)cc3)no2)cc1. The molecule has 1 aliphatic rings. The number of halogens is 1. The molecule has 5 nitrogen and oxygen atoms in total. The largest absolute Gasteiger partial charge is 0.497 e. The van der Waals surface area contributed by atoms with Crippen LogP contribution in [0, 0.1) is 0 Å². The zero-order valence-corrected chi connectivity index (χ0v) is 15.3. The van der Waals surface area contributed by atoms with Gasteiger partial charge in [-0.05, 0) is 61.3 Å². The molecule has 0 aliphatic carbocycles. The van der Waals surface area contributed by atoms with E-state index in [1.54, 1.807) is 7.11 Å². The van der Waals surface area contributed by atoms with Gasteiger partial charge in [-0.1, -0.05) is 28.9 Å². The van der Waals surface area contributed by atoms with Crippen LogP contribution in [0.2, 0.25) is 5.02 Å². The summed E-state index contributed by atoms with van der Waals surface area (Å²) < 4.78 is 10.7. The first kappa shape index (κ1) is 17.1. The van der Waals surface area contributed by atoms with Crippen molar-refractivity contribution >= 4 is 11.6 Å². The molecule has 3 aromatic rings. The first-order chi connectivity index (χ1) is 12.7. The van der Waals surface area contributed by atoms with Gasteiger partial charge < -0.3 is 9.26 Å². The topological polar surface area (TPSA) is 51.4 Å². The number of hydrogen-bond donors (Lipinski definition) is 0. The lowest BCUT2D eigenvalue weighted by Crippen LogP contribution is -2.22. The van der Waals surface area contributed by atoms with E-state index < -0.39 is 0 Å². The predicted octanol–water partition coefficient (Wildman–Crippen LogP) is 4.74. The number of aromatic nitrogens is 2. The number of hydrogen-bond acceptors (Lipinski definition) is 5. The smallest absolute Gasteiger partial charge is 0.241 e. The Bertz CT molecular complexity index is 862. The zero-order chi connectivity index (χ0) is 17.9. The molecule has 0 N–H and O–H groups in total. The molecule has 4 rings (SSSR count). The Kier molecular flexibility index (Phi) is 4.91. The van der Waals surface area contributed by atoms with Crippen molar-refractivity contribution in [3.8, 4) is 17.1 Å². The van der Waals surface area contributed by atoms with Crippen molar-refractivity contribution < 1.29 is 9.26 Å². The minimum Gasteiger partial charge on any atom is -0.497 e. The van der Waals surface area contributed by atoms with Crippen molar-refractivity contribution in [1.29, 1.82) is 0 Å². The number of nitrogens with zero attached hydrogens (tertiary/aromatic N) is 3. The van der Waals surface area contributed by atoms with Gasteiger partial charge in [0.1, 0.15) is 5.75 Å². The molecule has 0 spiro atoms. The maximum Gasteiger partial charge on any atom is 0.241 e. The van der Waals surface area contributed by atoms with Crippen LogP contribution in [0.4, 0.5) is 0 Å². The fourth-order valence-electron chi connectivity index (χ4n) is 3.43. The van der Waals surface area contributed by atoms with Crippen LogP contribution in [-0.2, 0) is 6.54 Å². The summed E-state index contributed by atoms with van der Waals surface area (Å²) in [5.41, 5.74) is 2.19. The molecule has 1 saturated heterocycles. The van der Waals surface area contributed by atoms with Gasteiger partial charge in [-0.25, -0.2) is 0 Å². The molecule has 26 heavy (non-hydrogen) atoms. The van der Waals surface area contributed by atoms with Crippen LogP contribution in [0.5, 0.6) is 5.75 Å². The van der Waals surface area contributed by atoms with E-state index in [9.17, 15) is 0 Å². The molecule has 1 aliphatic heterocycles. The summed E-state index contributed by atoms with van der Waals surface area (Å²) in [7, 11) is 1.69. The highest BCUT2D eigenvalue weighted by Crippen LogP contribution is 2.34. The quantitative estimate of drug-likeness (QED) is 0.650. The Balaban J connectivity index is 1.48. The van der Waals surface area contributed by atoms with Gasteiger partial charge in [0.15, 0.2) is 0 Å². The second kappa shape index (κ2) is 7.48. The highest BCUT2D eigenvalue weighted by atomic mass is 35.5. The maximum absolute atomic E-state index is 5.93.